The second-order valence-electron chi connectivity index (χ2n) is 4.02. The third kappa shape index (κ3) is 2.72. The highest BCUT2D eigenvalue weighted by Gasteiger charge is 2.29. The van der Waals surface area contributed by atoms with E-state index < -0.39 is 5.95 Å². The number of hydrogen-bond donors (Lipinski definition) is 0. The fourth-order valence-corrected chi connectivity index (χ4v) is 2.04. The summed E-state index contributed by atoms with van der Waals surface area (Å²) in [7, 11) is 0. The van der Waals surface area contributed by atoms with Crippen LogP contribution in [0.15, 0.2) is 18.3 Å². The molecule has 1 fully saturated rings. The van der Waals surface area contributed by atoms with Crippen molar-refractivity contribution in [3.05, 3.63) is 24.3 Å². The summed E-state index contributed by atoms with van der Waals surface area (Å²) in [6.07, 6.45) is 2.19. The molecule has 1 unspecified atom stereocenters. The molecule has 0 aromatic carbocycles. The highest BCUT2D eigenvalue weighted by molar-refractivity contribution is 5.74. The zero-order valence-electron chi connectivity index (χ0n) is 9.73. The van der Waals surface area contributed by atoms with Crippen LogP contribution < -0.4 is 4.90 Å². The van der Waals surface area contributed by atoms with Crippen molar-refractivity contribution in [3.8, 4) is 0 Å². The zero-order chi connectivity index (χ0) is 12.3. The highest BCUT2D eigenvalue weighted by Crippen LogP contribution is 2.24. The summed E-state index contributed by atoms with van der Waals surface area (Å²) >= 11 is 0. The van der Waals surface area contributed by atoms with E-state index in [0.29, 0.717) is 13.2 Å². The predicted octanol–water partition coefficient (Wildman–Crippen LogP) is 1.61. The van der Waals surface area contributed by atoms with E-state index in [1.54, 1.807) is 13.0 Å². The molecule has 0 N–H and O–H groups in total. The average molecular weight is 238 g/mol. The van der Waals surface area contributed by atoms with E-state index in [-0.39, 0.29) is 11.9 Å². The number of esters is 1. The molecular weight excluding hydrogens is 223 g/mol. The molecule has 1 saturated heterocycles. The number of ether oxygens (including phenoxy) is 1. The van der Waals surface area contributed by atoms with Crippen LogP contribution in [0.25, 0.3) is 0 Å². The van der Waals surface area contributed by atoms with E-state index in [9.17, 15) is 9.18 Å². The minimum absolute atomic E-state index is 0.105. The number of nitrogens with zero attached hydrogens (tertiary/aromatic N) is 2. The van der Waals surface area contributed by atoms with Gasteiger partial charge in [0.05, 0.1) is 12.5 Å². The molecule has 1 aromatic heterocycles. The first-order valence-corrected chi connectivity index (χ1v) is 5.74. The Morgan fingerprint density at radius 1 is 1.71 bits per heavy atom. The number of carbonyl (C=O) groups is 1. The Balaban J connectivity index is 2.00. The lowest BCUT2D eigenvalue weighted by atomic mass is 10.1. The first-order valence-electron chi connectivity index (χ1n) is 5.74. The van der Waals surface area contributed by atoms with Crippen LogP contribution in [-0.4, -0.2) is 30.6 Å². The summed E-state index contributed by atoms with van der Waals surface area (Å²) in [5, 5.41) is 0. The van der Waals surface area contributed by atoms with Crippen LogP contribution in [0, 0.1) is 11.9 Å². The normalized spacial score (nSPS) is 19.4. The average Bonchev–Trinajstić information content (AvgIpc) is 2.78. The zero-order valence-corrected chi connectivity index (χ0v) is 9.73. The number of rotatable bonds is 3. The van der Waals surface area contributed by atoms with Gasteiger partial charge >= 0.3 is 5.97 Å². The van der Waals surface area contributed by atoms with Gasteiger partial charge in [-0.15, -0.1) is 0 Å². The quantitative estimate of drug-likeness (QED) is 0.592. The number of aromatic nitrogens is 1. The van der Waals surface area contributed by atoms with Crippen molar-refractivity contribution in [2.75, 3.05) is 24.6 Å². The fraction of sp³-hybridized carbons (Fsp3) is 0.500. The van der Waals surface area contributed by atoms with Gasteiger partial charge in [-0.2, -0.15) is 4.39 Å². The molecule has 1 aromatic rings. The molecule has 2 heterocycles. The molecule has 1 aliphatic heterocycles. The third-order valence-electron chi connectivity index (χ3n) is 2.88. The highest BCUT2D eigenvalue weighted by atomic mass is 19.1. The lowest BCUT2D eigenvalue weighted by Crippen LogP contribution is -2.24. The number of carbonyl (C=O) groups excluding carboxylic acids is 1. The number of hydrogen-bond acceptors (Lipinski definition) is 4. The largest absolute Gasteiger partial charge is 0.466 e. The minimum Gasteiger partial charge on any atom is -0.466 e. The summed E-state index contributed by atoms with van der Waals surface area (Å²) in [6.45, 7) is 3.53. The molecule has 0 radical (unpaired) electrons. The lowest BCUT2D eigenvalue weighted by Gasteiger charge is -2.17. The first kappa shape index (κ1) is 11.8. The molecule has 1 aliphatic rings. The van der Waals surface area contributed by atoms with Gasteiger partial charge < -0.3 is 9.64 Å². The van der Waals surface area contributed by atoms with E-state index in [1.165, 1.54) is 12.3 Å². The van der Waals surface area contributed by atoms with Gasteiger partial charge in [-0.3, -0.25) is 4.79 Å². The third-order valence-corrected chi connectivity index (χ3v) is 2.88. The molecule has 1 atom stereocenters. The Bertz CT molecular complexity index is 411. The van der Waals surface area contributed by atoms with Crippen molar-refractivity contribution in [2.24, 2.45) is 5.92 Å². The SMILES string of the molecule is CCOC(=O)C1CCN(c2ccnc(F)c2)C1. The second kappa shape index (κ2) is 5.12. The maximum Gasteiger partial charge on any atom is 0.310 e. The fourth-order valence-electron chi connectivity index (χ4n) is 2.04. The van der Waals surface area contributed by atoms with Gasteiger partial charge in [0, 0.05) is 31.0 Å². The molecule has 92 valence electrons. The molecule has 0 spiro atoms. The van der Waals surface area contributed by atoms with Crippen LogP contribution in [0.5, 0.6) is 0 Å². The second-order valence-corrected chi connectivity index (χ2v) is 4.02. The molecule has 4 nitrogen and oxygen atoms in total. The van der Waals surface area contributed by atoms with Crippen LogP contribution in [0.4, 0.5) is 10.1 Å². The van der Waals surface area contributed by atoms with Crippen molar-refractivity contribution < 1.29 is 13.9 Å². The Hall–Kier alpha value is -1.65. The number of halogens is 1. The Labute approximate surface area is 99.4 Å². The summed E-state index contributed by atoms with van der Waals surface area (Å²) in [5.41, 5.74) is 0.768. The number of pyridine rings is 1. The van der Waals surface area contributed by atoms with E-state index in [0.717, 1.165) is 18.7 Å². The standard InChI is InChI=1S/C12H15FN2O2/c1-2-17-12(16)9-4-6-15(8-9)10-3-5-14-11(13)7-10/h3,5,7,9H,2,4,6,8H2,1H3. The molecule has 0 bridgehead atoms. The van der Waals surface area contributed by atoms with Crippen LogP contribution >= 0.6 is 0 Å². The molecular formula is C12H15FN2O2. The van der Waals surface area contributed by atoms with Gasteiger partial charge in [-0.1, -0.05) is 0 Å². The Morgan fingerprint density at radius 2 is 2.53 bits per heavy atom. The maximum atomic E-state index is 13.0. The minimum atomic E-state index is -0.498. The molecule has 0 saturated carbocycles. The summed E-state index contributed by atoms with van der Waals surface area (Å²) < 4.78 is 17.9. The van der Waals surface area contributed by atoms with Gasteiger partial charge in [0.15, 0.2) is 0 Å². The van der Waals surface area contributed by atoms with Crippen molar-refractivity contribution in [1.82, 2.24) is 4.98 Å². The Morgan fingerprint density at radius 3 is 3.24 bits per heavy atom. The van der Waals surface area contributed by atoms with Crippen LogP contribution in [0.3, 0.4) is 0 Å². The van der Waals surface area contributed by atoms with Crippen LogP contribution in [-0.2, 0) is 9.53 Å². The molecule has 0 aliphatic carbocycles. The summed E-state index contributed by atoms with van der Waals surface area (Å²) in [4.78, 5) is 17.0. The molecule has 2 rings (SSSR count). The van der Waals surface area contributed by atoms with Crippen molar-refractivity contribution in [3.63, 3.8) is 0 Å². The molecule has 0 amide bonds. The van der Waals surface area contributed by atoms with Crippen molar-refractivity contribution in [1.29, 1.82) is 0 Å². The van der Waals surface area contributed by atoms with E-state index in [4.69, 9.17) is 4.74 Å². The van der Waals surface area contributed by atoms with E-state index in [1.807, 2.05) is 4.90 Å². The van der Waals surface area contributed by atoms with Crippen molar-refractivity contribution >= 4 is 11.7 Å². The van der Waals surface area contributed by atoms with Gasteiger partial charge in [-0.25, -0.2) is 4.98 Å². The number of anilines is 1. The lowest BCUT2D eigenvalue weighted by molar-refractivity contribution is -0.147. The molecule has 17 heavy (non-hydrogen) atoms. The van der Waals surface area contributed by atoms with Crippen LogP contribution in [0.2, 0.25) is 0 Å². The van der Waals surface area contributed by atoms with Gasteiger partial charge in [0.2, 0.25) is 5.95 Å². The van der Waals surface area contributed by atoms with Crippen molar-refractivity contribution in [2.45, 2.75) is 13.3 Å². The van der Waals surface area contributed by atoms with Crippen LogP contribution in [0.1, 0.15) is 13.3 Å². The smallest absolute Gasteiger partial charge is 0.310 e. The maximum absolute atomic E-state index is 13.0. The monoisotopic (exact) mass is 238 g/mol. The first-order chi connectivity index (χ1) is 8.20. The van der Waals surface area contributed by atoms with Gasteiger partial charge in [0.25, 0.3) is 0 Å². The predicted molar refractivity (Wildman–Crippen MR) is 61.1 cm³/mol. The van der Waals surface area contributed by atoms with E-state index in [2.05, 4.69) is 4.98 Å². The summed E-state index contributed by atoms with van der Waals surface area (Å²) in [5.74, 6) is -0.766. The topological polar surface area (TPSA) is 42.4 Å². The molecule has 5 heteroatoms. The van der Waals surface area contributed by atoms with E-state index >= 15 is 0 Å². The van der Waals surface area contributed by atoms with Gasteiger partial charge in [-0.05, 0) is 19.4 Å². The Kier molecular flexibility index (Phi) is 3.56. The summed E-state index contributed by atoms with van der Waals surface area (Å²) in [6, 6.07) is 3.13. The van der Waals surface area contributed by atoms with Gasteiger partial charge in [0.1, 0.15) is 0 Å².